The van der Waals surface area contributed by atoms with E-state index in [2.05, 4.69) is 22.2 Å². The lowest BCUT2D eigenvalue weighted by atomic mass is 10.2. The average molecular weight is 287 g/mol. The molecule has 0 aliphatic rings. The second kappa shape index (κ2) is 6.63. The predicted octanol–water partition coefficient (Wildman–Crippen LogP) is 2.05. The van der Waals surface area contributed by atoms with Crippen molar-refractivity contribution in [3.63, 3.8) is 0 Å². The minimum absolute atomic E-state index is 0.249. The number of hydrogen-bond acceptors (Lipinski definition) is 4. The number of nitrogens with zero attached hydrogens (tertiary/aromatic N) is 1. The molecule has 0 aliphatic heterocycles. The van der Waals surface area contributed by atoms with Gasteiger partial charge in [-0.05, 0) is 0 Å². The highest BCUT2D eigenvalue weighted by molar-refractivity contribution is 7.14. The van der Waals surface area contributed by atoms with Gasteiger partial charge in [-0.25, -0.2) is 4.98 Å². The fourth-order valence-corrected chi connectivity index (χ4v) is 2.19. The Morgan fingerprint density at radius 2 is 2.00 bits per heavy atom. The van der Waals surface area contributed by atoms with Crippen LogP contribution in [0.25, 0.3) is 11.3 Å². The van der Waals surface area contributed by atoms with Crippen molar-refractivity contribution in [2.75, 3.05) is 11.9 Å². The van der Waals surface area contributed by atoms with Crippen LogP contribution in [0, 0.1) is 0 Å². The van der Waals surface area contributed by atoms with Crippen LogP contribution in [0.4, 0.5) is 5.13 Å². The van der Waals surface area contributed by atoms with Gasteiger partial charge < -0.3 is 5.32 Å². The van der Waals surface area contributed by atoms with Gasteiger partial charge in [-0.2, -0.15) is 0 Å². The Morgan fingerprint density at radius 3 is 2.70 bits per heavy atom. The van der Waals surface area contributed by atoms with E-state index in [-0.39, 0.29) is 6.54 Å². The summed E-state index contributed by atoms with van der Waals surface area (Å²) in [6.07, 6.45) is 1.50. The van der Waals surface area contributed by atoms with E-state index in [1.165, 1.54) is 17.4 Å². The molecule has 0 radical (unpaired) electrons. The third-order valence-electron chi connectivity index (χ3n) is 2.41. The Labute approximate surface area is 120 Å². The number of nitrogens with one attached hydrogen (secondary N) is 2. The molecule has 2 rings (SSSR count). The maximum absolute atomic E-state index is 11.6. The summed E-state index contributed by atoms with van der Waals surface area (Å²) in [6, 6.07) is 9.60. The van der Waals surface area contributed by atoms with Crippen LogP contribution in [0.1, 0.15) is 0 Å². The fourth-order valence-electron chi connectivity index (χ4n) is 1.47. The number of hydrogen-bond donors (Lipinski definition) is 2. The lowest BCUT2D eigenvalue weighted by molar-refractivity contribution is -0.136. The summed E-state index contributed by atoms with van der Waals surface area (Å²) < 4.78 is 0. The lowest BCUT2D eigenvalue weighted by Gasteiger charge is -2.01. The molecule has 5 nitrogen and oxygen atoms in total. The second-order valence-corrected chi connectivity index (χ2v) is 4.71. The molecule has 1 aromatic heterocycles. The molecule has 6 heteroatoms. The predicted molar refractivity (Wildman–Crippen MR) is 79.4 cm³/mol. The van der Waals surface area contributed by atoms with Crippen molar-refractivity contribution in [3.8, 4) is 11.3 Å². The lowest BCUT2D eigenvalue weighted by Crippen LogP contribution is -2.35. The van der Waals surface area contributed by atoms with Gasteiger partial charge in [0.15, 0.2) is 5.13 Å². The molecule has 0 saturated heterocycles. The molecular formula is C14H13N3O2S. The molecule has 102 valence electrons. The summed E-state index contributed by atoms with van der Waals surface area (Å²) in [5.41, 5.74) is 1.72. The molecular weight excluding hydrogens is 274 g/mol. The Kier molecular flexibility index (Phi) is 4.62. The number of benzene rings is 1. The van der Waals surface area contributed by atoms with Crippen molar-refractivity contribution in [2.24, 2.45) is 0 Å². The largest absolute Gasteiger partial charge is 0.344 e. The van der Waals surface area contributed by atoms with Crippen LogP contribution in [0.3, 0.4) is 0 Å². The highest BCUT2D eigenvalue weighted by atomic mass is 32.1. The normalized spacial score (nSPS) is 9.80. The first kappa shape index (κ1) is 14.0. The summed E-state index contributed by atoms with van der Waals surface area (Å²) in [5, 5.41) is 7.08. The number of rotatable bonds is 4. The average Bonchev–Trinajstić information content (AvgIpc) is 2.94. The first-order chi connectivity index (χ1) is 9.70. The van der Waals surface area contributed by atoms with E-state index in [4.69, 9.17) is 0 Å². The zero-order chi connectivity index (χ0) is 14.4. The topological polar surface area (TPSA) is 71.1 Å². The first-order valence-electron chi connectivity index (χ1n) is 5.91. The van der Waals surface area contributed by atoms with Crippen molar-refractivity contribution in [3.05, 3.63) is 48.4 Å². The number of aromatic nitrogens is 1. The number of carbonyl (C=O) groups is 2. The second-order valence-electron chi connectivity index (χ2n) is 3.86. The van der Waals surface area contributed by atoms with Gasteiger partial charge in [0.2, 0.25) is 0 Å². The Bertz CT molecular complexity index is 622. The number of anilines is 1. The van der Waals surface area contributed by atoms with Crippen molar-refractivity contribution in [1.82, 2.24) is 10.3 Å². The van der Waals surface area contributed by atoms with Crippen LogP contribution < -0.4 is 10.6 Å². The maximum atomic E-state index is 11.6. The number of thiazole rings is 1. The standard InChI is InChI=1S/C14H13N3O2S/c1-2-8-15-12(18)13(19)17-14-16-11(9-20-14)10-6-4-3-5-7-10/h2-7,9H,1,8H2,(H,15,18)(H,16,17,19). The third-order valence-corrected chi connectivity index (χ3v) is 3.17. The quantitative estimate of drug-likeness (QED) is 0.668. The minimum atomic E-state index is -0.735. The highest BCUT2D eigenvalue weighted by Gasteiger charge is 2.14. The van der Waals surface area contributed by atoms with Gasteiger partial charge in [-0.3, -0.25) is 14.9 Å². The summed E-state index contributed by atoms with van der Waals surface area (Å²) in [7, 11) is 0. The molecule has 20 heavy (non-hydrogen) atoms. The molecule has 0 atom stereocenters. The molecule has 2 N–H and O–H groups in total. The van der Waals surface area contributed by atoms with Crippen LogP contribution in [0.2, 0.25) is 0 Å². The van der Waals surface area contributed by atoms with Gasteiger partial charge in [0, 0.05) is 17.5 Å². The third kappa shape index (κ3) is 3.52. The highest BCUT2D eigenvalue weighted by Crippen LogP contribution is 2.24. The number of carbonyl (C=O) groups excluding carboxylic acids is 2. The van der Waals surface area contributed by atoms with Crippen LogP contribution in [0.15, 0.2) is 48.4 Å². The van der Waals surface area contributed by atoms with E-state index in [1.807, 2.05) is 35.7 Å². The number of amides is 2. The van der Waals surface area contributed by atoms with Crippen molar-refractivity contribution in [2.45, 2.75) is 0 Å². The molecule has 2 aromatic rings. The molecule has 0 spiro atoms. The first-order valence-corrected chi connectivity index (χ1v) is 6.79. The molecule has 0 unspecified atom stereocenters. The SMILES string of the molecule is C=CCNC(=O)C(=O)Nc1nc(-c2ccccc2)cs1. The molecule has 0 fully saturated rings. The van der Waals surface area contributed by atoms with Gasteiger partial charge in [-0.15, -0.1) is 17.9 Å². The minimum Gasteiger partial charge on any atom is -0.344 e. The molecule has 1 aromatic carbocycles. The van der Waals surface area contributed by atoms with Crippen molar-refractivity contribution >= 4 is 28.3 Å². The van der Waals surface area contributed by atoms with E-state index in [0.29, 0.717) is 5.13 Å². The summed E-state index contributed by atoms with van der Waals surface area (Å²) in [5.74, 6) is -1.44. The van der Waals surface area contributed by atoms with Gasteiger partial charge in [0.1, 0.15) is 0 Å². The van der Waals surface area contributed by atoms with Crippen LogP contribution in [0.5, 0.6) is 0 Å². The van der Waals surface area contributed by atoms with Gasteiger partial charge >= 0.3 is 11.8 Å². The molecule has 0 bridgehead atoms. The van der Waals surface area contributed by atoms with E-state index in [1.54, 1.807) is 0 Å². The zero-order valence-corrected chi connectivity index (χ0v) is 11.4. The fraction of sp³-hybridized carbons (Fsp3) is 0.0714. The van der Waals surface area contributed by atoms with Crippen LogP contribution in [-0.4, -0.2) is 23.3 Å². The summed E-state index contributed by atoms with van der Waals surface area (Å²) in [4.78, 5) is 27.2. The van der Waals surface area contributed by atoms with E-state index in [9.17, 15) is 9.59 Å². The van der Waals surface area contributed by atoms with Gasteiger partial charge in [-0.1, -0.05) is 36.4 Å². The molecule has 1 heterocycles. The van der Waals surface area contributed by atoms with Gasteiger partial charge in [0.05, 0.1) is 5.69 Å². The van der Waals surface area contributed by atoms with E-state index >= 15 is 0 Å². The van der Waals surface area contributed by atoms with E-state index in [0.717, 1.165) is 11.3 Å². The maximum Gasteiger partial charge on any atom is 0.315 e. The van der Waals surface area contributed by atoms with Crippen LogP contribution in [-0.2, 0) is 9.59 Å². The summed E-state index contributed by atoms with van der Waals surface area (Å²) >= 11 is 1.27. The monoisotopic (exact) mass is 287 g/mol. The van der Waals surface area contributed by atoms with Crippen molar-refractivity contribution in [1.29, 1.82) is 0 Å². The Morgan fingerprint density at radius 1 is 1.25 bits per heavy atom. The molecule has 0 aliphatic carbocycles. The van der Waals surface area contributed by atoms with E-state index < -0.39 is 11.8 Å². The Balaban J connectivity index is 2.01. The smallest absolute Gasteiger partial charge is 0.315 e. The Hall–Kier alpha value is -2.47. The van der Waals surface area contributed by atoms with Gasteiger partial charge in [0.25, 0.3) is 0 Å². The zero-order valence-electron chi connectivity index (χ0n) is 10.6. The molecule has 0 saturated carbocycles. The van der Waals surface area contributed by atoms with Crippen molar-refractivity contribution < 1.29 is 9.59 Å². The molecule has 2 amide bonds. The summed E-state index contributed by atoms with van der Waals surface area (Å²) in [6.45, 7) is 3.71. The van der Waals surface area contributed by atoms with Crippen LogP contribution >= 0.6 is 11.3 Å².